The Balaban J connectivity index is 2.13. The molecule has 1 fully saturated rings. The van der Waals surface area contributed by atoms with Crippen molar-refractivity contribution >= 4 is 27.3 Å². The van der Waals surface area contributed by atoms with Crippen molar-refractivity contribution in [2.45, 2.75) is 58.4 Å². The molecule has 1 aromatic rings. The maximum atomic E-state index is 3.64. The molecule has 1 nitrogen and oxygen atoms in total. The van der Waals surface area contributed by atoms with E-state index in [2.05, 4.69) is 53.6 Å². The average Bonchev–Trinajstić information content (AvgIpc) is 2.95. The molecular weight excluding hydrogens is 318 g/mol. The summed E-state index contributed by atoms with van der Waals surface area (Å²) in [6.07, 6.45) is 8.19. The molecule has 0 aromatic carbocycles. The third-order valence-electron chi connectivity index (χ3n) is 4.53. The second-order valence-corrected chi connectivity index (χ2v) is 8.36. The Morgan fingerprint density at radius 3 is 2.53 bits per heavy atom. The highest BCUT2D eigenvalue weighted by molar-refractivity contribution is 9.10. The van der Waals surface area contributed by atoms with E-state index >= 15 is 0 Å². The maximum Gasteiger partial charge on any atom is 0.0285 e. The van der Waals surface area contributed by atoms with Gasteiger partial charge in [0, 0.05) is 20.8 Å². The number of nitrogens with one attached hydrogen (secondary N) is 1. The van der Waals surface area contributed by atoms with Crippen LogP contribution in [-0.2, 0) is 6.42 Å². The van der Waals surface area contributed by atoms with Crippen LogP contribution < -0.4 is 5.32 Å². The summed E-state index contributed by atoms with van der Waals surface area (Å²) in [6, 6.07) is 2.91. The fraction of sp³-hybridized carbons (Fsp3) is 0.750. The molecule has 1 saturated carbocycles. The lowest BCUT2D eigenvalue weighted by atomic mass is 9.71. The fourth-order valence-corrected chi connectivity index (χ4v) is 5.37. The van der Waals surface area contributed by atoms with Gasteiger partial charge in [-0.05, 0) is 66.1 Å². The molecule has 1 heterocycles. The van der Waals surface area contributed by atoms with Crippen molar-refractivity contribution < 1.29 is 0 Å². The van der Waals surface area contributed by atoms with E-state index in [-0.39, 0.29) is 0 Å². The van der Waals surface area contributed by atoms with Crippen LogP contribution >= 0.6 is 27.3 Å². The van der Waals surface area contributed by atoms with Crippen molar-refractivity contribution in [1.82, 2.24) is 5.32 Å². The predicted molar refractivity (Wildman–Crippen MR) is 88.9 cm³/mol. The normalized spacial score (nSPS) is 20.1. The van der Waals surface area contributed by atoms with Crippen LogP contribution in [0.3, 0.4) is 0 Å². The van der Waals surface area contributed by atoms with Gasteiger partial charge in [-0.1, -0.05) is 26.7 Å². The van der Waals surface area contributed by atoms with E-state index in [1.165, 1.54) is 47.9 Å². The van der Waals surface area contributed by atoms with E-state index < -0.39 is 0 Å². The molecule has 1 N–H and O–H groups in total. The summed E-state index contributed by atoms with van der Waals surface area (Å²) in [5.74, 6) is 0.795. The Labute approximate surface area is 130 Å². The minimum absolute atomic E-state index is 0.527. The van der Waals surface area contributed by atoms with Crippen LogP contribution in [0.15, 0.2) is 15.9 Å². The SMILES string of the molecule is CNC(Cc1cc(Br)cs1)C1(CC(C)C)CCCC1. The van der Waals surface area contributed by atoms with Crippen molar-refractivity contribution in [3.05, 3.63) is 20.8 Å². The molecule has 1 aliphatic rings. The molecule has 0 spiro atoms. The standard InChI is InChI=1S/C16H26BrNS/c1-12(2)10-16(6-4-5-7-16)15(18-3)9-14-8-13(17)11-19-14/h8,11-12,15,18H,4-7,9-10H2,1-3H3. The molecule has 1 aromatic heterocycles. The lowest BCUT2D eigenvalue weighted by Gasteiger charge is -2.39. The predicted octanol–water partition coefficient (Wildman–Crippen LogP) is 5.25. The molecule has 1 unspecified atom stereocenters. The summed E-state index contributed by atoms with van der Waals surface area (Å²) >= 11 is 5.45. The Kier molecular flexibility index (Phi) is 5.50. The van der Waals surface area contributed by atoms with Gasteiger partial charge in [-0.15, -0.1) is 11.3 Å². The highest BCUT2D eigenvalue weighted by Gasteiger charge is 2.40. The zero-order valence-electron chi connectivity index (χ0n) is 12.3. The highest BCUT2D eigenvalue weighted by atomic mass is 79.9. The number of thiophene rings is 1. The van der Waals surface area contributed by atoms with Crippen LogP contribution in [0.5, 0.6) is 0 Å². The fourth-order valence-electron chi connectivity index (χ4n) is 3.87. The summed E-state index contributed by atoms with van der Waals surface area (Å²) in [6.45, 7) is 4.74. The first-order valence-electron chi connectivity index (χ1n) is 7.46. The smallest absolute Gasteiger partial charge is 0.0285 e. The van der Waals surface area contributed by atoms with Crippen molar-refractivity contribution in [1.29, 1.82) is 0 Å². The van der Waals surface area contributed by atoms with Crippen molar-refractivity contribution in [3.8, 4) is 0 Å². The molecule has 0 bridgehead atoms. The van der Waals surface area contributed by atoms with Crippen molar-refractivity contribution in [2.75, 3.05) is 7.05 Å². The van der Waals surface area contributed by atoms with Crippen LogP contribution in [0.2, 0.25) is 0 Å². The minimum atomic E-state index is 0.527. The average molecular weight is 344 g/mol. The Morgan fingerprint density at radius 2 is 2.05 bits per heavy atom. The number of halogens is 1. The monoisotopic (exact) mass is 343 g/mol. The quantitative estimate of drug-likeness (QED) is 0.743. The molecule has 1 aliphatic carbocycles. The van der Waals surface area contributed by atoms with Gasteiger partial charge in [-0.25, -0.2) is 0 Å². The lowest BCUT2D eigenvalue weighted by molar-refractivity contribution is 0.160. The maximum absolute atomic E-state index is 3.64. The summed E-state index contributed by atoms with van der Waals surface area (Å²) in [4.78, 5) is 1.50. The number of hydrogen-bond donors (Lipinski definition) is 1. The Bertz CT molecular complexity index is 393. The van der Waals surface area contributed by atoms with Gasteiger partial charge in [0.15, 0.2) is 0 Å². The molecule has 0 aliphatic heterocycles. The van der Waals surface area contributed by atoms with Gasteiger partial charge in [-0.3, -0.25) is 0 Å². The van der Waals surface area contributed by atoms with E-state index in [1.807, 2.05) is 11.3 Å². The van der Waals surface area contributed by atoms with E-state index in [0.717, 1.165) is 5.92 Å². The van der Waals surface area contributed by atoms with Crippen LogP contribution in [-0.4, -0.2) is 13.1 Å². The zero-order chi connectivity index (χ0) is 13.9. The Hall–Kier alpha value is 0.140. The number of rotatable bonds is 6. The number of hydrogen-bond acceptors (Lipinski definition) is 2. The van der Waals surface area contributed by atoms with Gasteiger partial charge in [0.25, 0.3) is 0 Å². The first-order chi connectivity index (χ1) is 9.05. The third-order valence-corrected chi connectivity index (χ3v) is 6.25. The molecule has 0 amide bonds. The van der Waals surface area contributed by atoms with Gasteiger partial charge in [0.1, 0.15) is 0 Å². The van der Waals surface area contributed by atoms with Crippen LogP contribution in [0.25, 0.3) is 0 Å². The molecular formula is C16H26BrNS. The summed E-state index contributed by atoms with van der Waals surface area (Å²) in [7, 11) is 2.15. The van der Waals surface area contributed by atoms with Gasteiger partial charge in [0.2, 0.25) is 0 Å². The van der Waals surface area contributed by atoms with Crippen molar-refractivity contribution in [2.24, 2.45) is 11.3 Å². The molecule has 2 rings (SSSR count). The number of likely N-dealkylation sites (N-methyl/N-ethyl adjacent to an activating group) is 1. The highest BCUT2D eigenvalue weighted by Crippen LogP contribution is 2.47. The van der Waals surface area contributed by atoms with E-state index in [9.17, 15) is 0 Å². The topological polar surface area (TPSA) is 12.0 Å². The molecule has 0 radical (unpaired) electrons. The second-order valence-electron chi connectivity index (χ2n) is 6.44. The summed E-state index contributed by atoms with van der Waals surface area (Å²) in [5.41, 5.74) is 0.527. The molecule has 108 valence electrons. The Morgan fingerprint density at radius 1 is 1.37 bits per heavy atom. The van der Waals surface area contributed by atoms with E-state index in [0.29, 0.717) is 11.5 Å². The van der Waals surface area contributed by atoms with Crippen LogP contribution in [0.4, 0.5) is 0 Å². The molecule has 19 heavy (non-hydrogen) atoms. The van der Waals surface area contributed by atoms with Gasteiger partial charge in [0.05, 0.1) is 0 Å². The largest absolute Gasteiger partial charge is 0.316 e. The lowest BCUT2D eigenvalue weighted by Crippen LogP contribution is -2.44. The van der Waals surface area contributed by atoms with Gasteiger partial charge in [-0.2, -0.15) is 0 Å². The van der Waals surface area contributed by atoms with Gasteiger partial charge >= 0.3 is 0 Å². The summed E-state index contributed by atoms with van der Waals surface area (Å²) in [5, 5.41) is 5.84. The first kappa shape index (κ1) is 15.5. The summed E-state index contributed by atoms with van der Waals surface area (Å²) < 4.78 is 1.23. The third kappa shape index (κ3) is 3.83. The van der Waals surface area contributed by atoms with E-state index in [4.69, 9.17) is 0 Å². The zero-order valence-corrected chi connectivity index (χ0v) is 14.7. The molecule has 1 atom stereocenters. The molecule has 3 heteroatoms. The van der Waals surface area contributed by atoms with Crippen LogP contribution in [0.1, 0.15) is 50.8 Å². The minimum Gasteiger partial charge on any atom is -0.316 e. The first-order valence-corrected chi connectivity index (χ1v) is 9.13. The van der Waals surface area contributed by atoms with Gasteiger partial charge < -0.3 is 5.32 Å². The molecule has 0 saturated heterocycles. The van der Waals surface area contributed by atoms with Crippen LogP contribution in [0, 0.1) is 11.3 Å². The van der Waals surface area contributed by atoms with Crippen molar-refractivity contribution in [3.63, 3.8) is 0 Å². The van der Waals surface area contributed by atoms with E-state index in [1.54, 1.807) is 0 Å². The second kappa shape index (κ2) is 6.73.